The average molecular weight is 548 g/mol. The number of benzene rings is 2. The molecule has 1 aromatic heterocycles. The summed E-state index contributed by atoms with van der Waals surface area (Å²) >= 11 is 0. The van der Waals surface area contributed by atoms with Gasteiger partial charge in [0.25, 0.3) is 0 Å². The van der Waals surface area contributed by atoms with E-state index in [0.717, 1.165) is 22.0 Å². The van der Waals surface area contributed by atoms with Gasteiger partial charge in [-0.3, -0.25) is 15.0 Å². The van der Waals surface area contributed by atoms with Crippen LogP contribution in [0.5, 0.6) is 0 Å². The van der Waals surface area contributed by atoms with E-state index < -0.39 is 23.2 Å². The molecule has 9 nitrogen and oxygen atoms in total. The SMILES string of the molecule is CN(C)NC(=O)C1(Cc2ccccc2)CCN(C(=O)[C@@H](Cc2c[nH]c3ccccc23)NC(=O)OC(C)(C)C)CC1. The fourth-order valence-electron chi connectivity index (χ4n) is 5.34. The van der Waals surface area contributed by atoms with Crippen molar-refractivity contribution in [2.24, 2.45) is 5.41 Å². The summed E-state index contributed by atoms with van der Waals surface area (Å²) in [6.07, 6.45) is 3.18. The van der Waals surface area contributed by atoms with Gasteiger partial charge >= 0.3 is 6.09 Å². The summed E-state index contributed by atoms with van der Waals surface area (Å²) in [4.78, 5) is 45.1. The number of carbonyl (C=O) groups excluding carboxylic acids is 3. The number of hydrogen-bond donors (Lipinski definition) is 3. The van der Waals surface area contributed by atoms with Gasteiger partial charge in [0.15, 0.2) is 0 Å². The highest BCUT2D eigenvalue weighted by Crippen LogP contribution is 2.36. The predicted molar refractivity (Wildman–Crippen MR) is 155 cm³/mol. The van der Waals surface area contributed by atoms with Crippen LogP contribution in [0.2, 0.25) is 0 Å². The van der Waals surface area contributed by atoms with Crippen LogP contribution in [0.3, 0.4) is 0 Å². The van der Waals surface area contributed by atoms with E-state index in [1.807, 2.05) is 60.8 Å². The van der Waals surface area contributed by atoms with Crippen LogP contribution < -0.4 is 10.7 Å². The van der Waals surface area contributed by atoms with Crippen molar-refractivity contribution in [3.05, 3.63) is 71.9 Å². The zero-order chi connectivity index (χ0) is 28.9. The van der Waals surface area contributed by atoms with Crippen molar-refractivity contribution in [3.8, 4) is 0 Å². The van der Waals surface area contributed by atoms with E-state index in [9.17, 15) is 14.4 Å². The fourth-order valence-corrected chi connectivity index (χ4v) is 5.34. The number of H-pyrrole nitrogens is 1. The first-order valence-corrected chi connectivity index (χ1v) is 13.8. The first-order chi connectivity index (χ1) is 19.0. The Morgan fingerprint density at radius 2 is 1.68 bits per heavy atom. The lowest BCUT2D eigenvalue weighted by Gasteiger charge is -2.42. The highest BCUT2D eigenvalue weighted by atomic mass is 16.6. The van der Waals surface area contributed by atoms with Crippen molar-refractivity contribution in [1.82, 2.24) is 25.6 Å². The second kappa shape index (κ2) is 12.1. The largest absolute Gasteiger partial charge is 0.444 e. The molecule has 0 unspecified atom stereocenters. The number of hydrogen-bond acceptors (Lipinski definition) is 5. The van der Waals surface area contributed by atoms with E-state index in [2.05, 4.69) is 15.7 Å². The minimum absolute atomic E-state index is 0.0457. The molecule has 40 heavy (non-hydrogen) atoms. The van der Waals surface area contributed by atoms with Crippen LogP contribution in [0.25, 0.3) is 10.9 Å². The van der Waals surface area contributed by atoms with Crippen LogP contribution in [0.1, 0.15) is 44.7 Å². The van der Waals surface area contributed by atoms with Gasteiger partial charge in [-0.05, 0) is 57.2 Å². The van der Waals surface area contributed by atoms with Crippen LogP contribution in [-0.2, 0) is 27.2 Å². The Morgan fingerprint density at radius 1 is 1.02 bits per heavy atom. The number of nitrogens with one attached hydrogen (secondary N) is 3. The summed E-state index contributed by atoms with van der Waals surface area (Å²) in [6, 6.07) is 17.0. The zero-order valence-corrected chi connectivity index (χ0v) is 24.1. The molecule has 3 aromatic rings. The number of alkyl carbamates (subject to hydrolysis) is 1. The normalized spacial score (nSPS) is 16.0. The van der Waals surface area contributed by atoms with Gasteiger partial charge < -0.3 is 19.9 Å². The second-order valence-electron chi connectivity index (χ2n) is 11.9. The molecule has 4 rings (SSSR count). The molecule has 1 atom stereocenters. The Balaban J connectivity index is 1.54. The topological polar surface area (TPSA) is 107 Å². The van der Waals surface area contributed by atoms with E-state index in [0.29, 0.717) is 38.8 Å². The molecule has 214 valence electrons. The van der Waals surface area contributed by atoms with Crippen LogP contribution >= 0.6 is 0 Å². The van der Waals surface area contributed by atoms with Gasteiger partial charge in [-0.1, -0.05) is 48.5 Å². The van der Waals surface area contributed by atoms with Crippen molar-refractivity contribution in [3.63, 3.8) is 0 Å². The number of hydrazine groups is 1. The molecule has 0 spiro atoms. The van der Waals surface area contributed by atoms with Crippen LogP contribution in [-0.4, -0.2) is 71.6 Å². The molecule has 1 fully saturated rings. The molecule has 0 saturated carbocycles. The summed E-state index contributed by atoms with van der Waals surface area (Å²) < 4.78 is 5.49. The minimum atomic E-state index is -0.814. The molecule has 1 aliphatic heterocycles. The maximum Gasteiger partial charge on any atom is 0.408 e. The van der Waals surface area contributed by atoms with Crippen LogP contribution in [0.15, 0.2) is 60.8 Å². The predicted octanol–water partition coefficient (Wildman–Crippen LogP) is 4.05. The van der Waals surface area contributed by atoms with Gasteiger partial charge in [-0.15, -0.1) is 0 Å². The van der Waals surface area contributed by atoms with Crippen molar-refractivity contribution in [2.75, 3.05) is 27.2 Å². The first-order valence-electron chi connectivity index (χ1n) is 13.8. The van der Waals surface area contributed by atoms with Gasteiger partial charge in [0.1, 0.15) is 11.6 Å². The number of nitrogens with zero attached hydrogens (tertiary/aromatic N) is 2. The molecule has 9 heteroatoms. The Labute approximate surface area is 236 Å². The Bertz CT molecular complexity index is 1320. The number of likely N-dealkylation sites (tertiary alicyclic amines) is 1. The van der Waals surface area contributed by atoms with E-state index >= 15 is 0 Å². The van der Waals surface area contributed by atoms with E-state index in [1.54, 1.807) is 44.8 Å². The van der Waals surface area contributed by atoms with Crippen molar-refractivity contribution in [2.45, 2.75) is 58.1 Å². The maximum atomic E-state index is 13.9. The van der Waals surface area contributed by atoms with Gasteiger partial charge in [-0.25, -0.2) is 9.80 Å². The number of aromatic amines is 1. The summed E-state index contributed by atoms with van der Waals surface area (Å²) in [5.41, 5.74) is 4.60. The minimum Gasteiger partial charge on any atom is -0.444 e. The summed E-state index contributed by atoms with van der Waals surface area (Å²) in [6.45, 7) is 6.19. The van der Waals surface area contributed by atoms with Crippen molar-refractivity contribution < 1.29 is 19.1 Å². The Kier molecular flexibility index (Phi) is 8.83. The lowest BCUT2D eigenvalue weighted by Crippen LogP contribution is -2.57. The average Bonchev–Trinajstić information content (AvgIpc) is 3.30. The molecule has 0 radical (unpaired) electrons. The molecule has 2 heterocycles. The first kappa shape index (κ1) is 29.1. The molecular weight excluding hydrogens is 506 g/mol. The van der Waals surface area contributed by atoms with Gasteiger partial charge in [0, 0.05) is 50.7 Å². The smallest absolute Gasteiger partial charge is 0.408 e. The zero-order valence-electron chi connectivity index (χ0n) is 24.1. The third kappa shape index (κ3) is 7.21. The molecule has 2 aromatic carbocycles. The lowest BCUT2D eigenvalue weighted by molar-refractivity contribution is -0.144. The number of amides is 3. The monoisotopic (exact) mass is 547 g/mol. The van der Waals surface area contributed by atoms with Crippen LogP contribution in [0.4, 0.5) is 4.79 Å². The highest BCUT2D eigenvalue weighted by molar-refractivity contribution is 5.89. The number of aromatic nitrogens is 1. The maximum absolute atomic E-state index is 13.9. The number of ether oxygens (including phenoxy) is 1. The van der Waals surface area contributed by atoms with Gasteiger partial charge in [-0.2, -0.15) is 0 Å². The second-order valence-corrected chi connectivity index (χ2v) is 11.9. The molecule has 3 N–H and O–H groups in total. The molecule has 0 bridgehead atoms. The van der Waals surface area contributed by atoms with E-state index in [1.165, 1.54) is 0 Å². The summed E-state index contributed by atoms with van der Waals surface area (Å²) in [5, 5.41) is 5.50. The van der Waals surface area contributed by atoms with Gasteiger partial charge in [0.05, 0.1) is 5.41 Å². The lowest BCUT2D eigenvalue weighted by atomic mass is 9.73. The summed E-state index contributed by atoms with van der Waals surface area (Å²) in [5.74, 6) is -0.229. The molecule has 1 aliphatic rings. The highest BCUT2D eigenvalue weighted by Gasteiger charge is 2.43. The van der Waals surface area contributed by atoms with Crippen molar-refractivity contribution >= 4 is 28.8 Å². The Hall–Kier alpha value is -3.85. The number of rotatable bonds is 8. The molecule has 0 aliphatic carbocycles. The number of carbonyl (C=O) groups is 3. The van der Waals surface area contributed by atoms with E-state index in [-0.39, 0.29) is 11.8 Å². The van der Waals surface area contributed by atoms with Crippen molar-refractivity contribution in [1.29, 1.82) is 0 Å². The summed E-state index contributed by atoms with van der Waals surface area (Å²) in [7, 11) is 3.59. The van der Waals surface area contributed by atoms with E-state index in [4.69, 9.17) is 4.74 Å². The molecular formula is C31H41N5O4. The Morgan fingerprint density at radius 3 is 2.33 bits per heavy atom. The molecule has 3 amide bonds. The standard InChI is InChI=1S/C31H41N5O4/c1-30(2,3)40-29(39)33-26(19-23-21-32-25-14-10-9-13-24(23)25)27(37)36-17-15-31(16-18-36,28(38)34-35(4)5)20-22-11-7-6-8-12-22/h6-14,21,26,32H,15-20H2,1-5H3,(H,33,39)(H,34,38)/t26-/m1/s1. The quantitative estimate of drug-likeness (QED) is 0.369. The fraction of sp³-hybridized carbons (Fsp3) is 0.452. The number of fused-ring (bicyclic) bond motifs is 1. The third-order valence-corrected chi connectivity index (χ3v) is 7.31. The van der Waals surface area contributed by atoms with Crippen LogP contribution in [0, 0.1) is 5.41 Å². The number of piperidine rings is 1. The number of para-hydroxylation sites is 1. The third-order valence-electron chi connectivity index (χ3n) is 7.31. The molecule has 1 saturated heterocycles. The van der Waals surface area contributed by atoms with Gasteiger partial charge in [0.2, 0.25) is 11.8 Å².